The highest BCUT2D eigenvalue weighted by Crippen LogP contribution is 2.21. The Morgan fingerprint density at radius 3 is 2.79 bits per heavy atom. The SMILES string of the molecule is COc1ccc2[nH]c(C(=O)NC(C)(C)CN)cc2c1. The van der Waals surface area contributed by atoms with Crippen LogP contribution in [0.3, 0.4) is 0 Å². The molecule has 2 aromatic rings. The minimum atomic E-state index is -0.425. The molecule has 1 aromatic heterocycles. The highest BCUT2D eigenvalue weighted by atomic mass is 16.5. The van der Waals surface area contributed by atoms with E-state index in [-0.39, 0.29) is 5.91 Å². The lowest BCUT2D eigenvalue weighted by Crippen LogP contribution is -2.48. The van der Waals surface area contributed by atoms with Gasteiger partial charge in [0, 0.05) is 23.0 Å². The lowest BCUT2D eigenvalue weighted by Gasteiger charge is -2.23. The molecule has 0 atom stereocenters. The fourth-order valence-corrected chi connectivity index (χ4v) is 1.79. The zero-order valence-electron chi connectivity index (χ0n) is 11.4. The van der Waals surface area contributed by atoms with E-state index in [0.717, 1.165) is 16.7 Å². The number of benzene rings is 1. The molecule has 0 aliphatic rings. The molecule has 5 nitrogen and oxygen atoms in total. The van der Waals surface area contributed by atoms with Gasteiger partial charge in [-0.25, -0.2) is 0 Å². The average molecular weight is 261 g/mol. The third kappa shape index (κ3) is 2.88. The zero-order valence-corrected chi connectivity index (χ0v) is 11.4. The summed E-state index contributed by atoms with van der Waals surface area (Å²) in [6.45, 7) is 4.15. The Labute approximate surface area is 112 Å². The van der Waals surface area contributed by atoms with Crippen molar-refractivity contribution in [2.45, 2.75) is 19.4 Å². The molecule has 0 radical (unpaired) electrons. The van der Waals surface area contributed by atoms with Crippen LogP contribution in [0.4, 0.5) is 0 Å². The van der Waals surface area contributed by atoms with Gasteiger partial charge in [-0.2, -0.15) is 0 Å². The summed E-state index contributed by atoms with van der Waals surface area (Å²) >= 11 is 0. The number of methoxy groups -OCH3 is 1. The van der Waals surface area contributed by atoms with Crippen LogP contribution in [0.2, 0.25) is 0 Å². The van der Waals surface area contributed by atoms with Crippen LogP contribution in [0.5, 0.6) is 5.75 Å². The molecule has 0 unspecified atom stereocenters. The van der Waals surface area contributed by atoms with E-state index in [0.29, 0.717) is 12.2 Å². The third-order valence-corrected chi connectivity index (χ3v) is 3.03. The van der Waals surface area contributed by atoms with E-state index in [4.69, 9.17) is 10.5 Å². The van der Waals surface area contributed by atoms with Crippen molar-refractivity contribution in [3.05, 3.63) is 30.0 Å². The second kappa shape index (κ2) is 4.93. The summed E-state index contributed by atoms with van der Waals surface area (Å²) in [6, 6.07) is 7.43. The number of aromatic amines is 1. The largest absolute Gasteiger partial charge is 0.497 e. The normalized spacial score (nSPS) is 11.6. The molecule has 102 valence electrons. The summed E-state index contributed by atoms with van der Waals surface area (Å²) in [5, 5.41) is 3.83. The van der Waals surface area contributed by atoms with E-state index in [9.17, 15) is 4.79 Å². The first-order valence-electron chi connectivity index (χ1n) is 6.14. The van der Waals surface area contributed by atoms with E-state index < -0.39 is 5.54 Å². The van der Waals surface area contributed by atoms with Crippen molar-refractivity contribution in [2.75, 3.05) is 13.7 Å². The Balaban J connectivity index is 2.28. The number of ether oxygens (including phenoxy) is 1. The Morgan fingerprint density at radius 2 is 2.16 bits per heavy atom. The molecule has 0 aliphatic heterocycles. The van der Waals surface area contributed by atoms with Crippen molar-refractivity contribution in [2.24, 2.45) is 5.73 Å². The van der Waals surface area contributed by atoms with Crippen LogP contribution in [0, 0.1) is 0 Å². The van der Waals surface area contributed by atoms with Gasteiger partial charge in [-0.3, -0.25) is 4.79 Å². The number of carbonyl (C=O) groups excluding carboxylic acids is 1. The molecule has 0 saturated heterocycles. The fraction of sp³-hybridized carbons (Fsp3) is 0.357. The van der Waals surface area contributed by atoms with Crippen LogP contribution >= 0.6 is 0 Å². The van der Waals surface area contributed by atoms with Crippen LogP contribution < -0.4 is 15.8 Å². The average Bonchev–Trinajstić information content (AvgIpc) is 2.81. The first kappa shape index (κ1) is 13.4. The van der Waals surface area contributed by atoms with E-state index in [1.807, 2.05) is 32.0 Å². The Bertz CT molecular complexity index is 602. The number of aromatic nitrogens is 1. The first-order valence-corrected chi connectivity index (χ1v) is 6.14. The summed E-state index contributed by atoms with van der Waals surface area (Å²) < 4.78 is 5.16. The first-order chi connectivity index (χ1) is 8.95. The van der Waals surface area contributed by atoms with Crippen LogP contribution in [0.1, 0.15) is 24.3 Å². The van der Waals surface area contributed by atoms with Gasteiger partial charge in [0.2, 0.25) is 0 Å². The minimum Gasteiger partial charge on any atom is -0.497 e. The molecule has 1 amide bonds. The molecule has 19 heavy (non-hydrogen) atoms. The predicted octanol–water partition coefficient (Wildman–Crippen LogP) is 1.64. The Kier molecular flexibility index (Phi) is 3.48. The van der Waals surface area contributed by atoms with Crippen molar-refractivity contribution in [1.82, 2.24) is 10.3 Å². The van der Waals surface area contributed by atoms with Crippen molar-refractivity contribution in [1.29, 1.82) is 0 Å². The van der Waals surface area contributed by atoms with Gasteiger partial charge in [0.05, 0.1) is 7.11 Å². The molecule has 0 fully saturated rings. The minimum absolute atomic E-state index is 0.161. The highest BCUT2D eigenvalue weighted by Gasteiger charge is 2.20. The standard InChI is InChI=1S/C14H19N3O2/c1-14(2,8-15)17-13(18)12-7-9-6-10(19-3)4-5-11(9)16-12/h4-7,16H,8,15H2,1-3H3,(H,17,18). The van der Waals surface area contributed by atoms with Gasteiger partial charge in [-0.1, -0.05) is 0 Å². The molecule has 4 N–H and O–H groups in total. The number of fused-ring (bicyclic) bond motifs is 1. The third-order valence-electron chi connectivity index (χ3n) is 3.03. The summed E-state index contributed by atoms with van der Waals surface area (Å²) in [6.07, 6.45) is 0. The van der Waals surface area contributed by atoms with Crippen molar-refractivity contribution < 1.29 is 9.53 Å². The molecule has 5 heteroatoms. The number of nitrogens with one attached hydrogen (secondary N) is 2. The molecular weight excluding hydrogens is 242 g/mol. The maximum absolute atomic E-state index is 12.1. The van der Waals surface area contributed by atoms with E-state index in [2.05, 4.69) is 10.3 Å². The number of hydrogen-bond acceptors (Lipinski definition) is 3. The molecule has 1 heterocycles. The topological polar surface area (TPSA) is 80.1 Å². The highest BCUT2D eigenvalue weighted by molar-refractivity contribution is 5.98. The monoisotopic (exact) mass is 261 g/mol. The number of rotatable bonds is 4. The number of carbonyl (C=O) groups is 1. The maximum Gasteiger partial charge on any atom is 0.268 e. The molecule has 0 bridgehead atoms. The quantitative estimate of drug-likeness (QED) is 0.782. The van der Waals surface area contributed by atoms with Crippen molar-refractivity contribution in [3.63, 3.8) is 0 Å². The molecule has 0 spiro atoms. The van der Waals surface area contributed by atoms with E-state index in [1.165, 1.54) is 0 Å². The van der Waals surface area contributed by atoms with Gasteiger partial charge in [-0.05, 0) is 38.1 Å². The van der Waals surface area contributed by atoms with E-state index >= 15 is 0 Å². The lowest BCUT2D eigenvalue weighted by molar-refractivity contribution is 0.0911. The van der Waals surface area contributed by atoms with Crippen molar-refractivity contribution >= 4 is 16.8 Å². The maximum atomic E-state index is 12.1. The second-order valence-electron chi connectivity index (χ2n) is 5.18. The molecule has 1 aromatic carbocycles. The summed E-state index contributed by atoms with van der Waals surface area (Å²) in [5.41, 5.74) is 6.60. The zero-order chi connectivity index (χ0) is 14.0. The van der Waals surface area contributed by atoms with Gasteiger partial charge >= 0.3 is 0 Å². The molecule has 0 saturated carbocycles. The fourth-order valence-electron chi connectivity index (χ4n) is 1.79. The summed E-state index contributed by atoms with van der Waals surface area (Å²) in [7, 11) is 1.62. The Hall–Kier alpha value is -2.01. The van der Waals surface area contributed by atoms with Gasteiger partial charge in [0.15, 0.2) is 0 Å². The van der Waals surface area contributed by atoms with Gasteiger partial charge in [0.25, 0.3) is 5.91 Å². The smallest absolute Gasteiger partial charge is 0.268 e. The van der Waals surface area contributed by atoms with Crippen LogP contribution in [-0.4, -0.2) is 30.1 Å². The number of hydrogen-bond donors (Lipinski definition) is 3. The van der Waals surface area contributed by atoms with Gasteiger partial charge < -0.3 is 20.8 Å². The summed E-state index contributed by atoms with van der Waals surface area (Å²) in [5.74, 6) is 0.603. The molecule has 0 aliphatic carbocycles. The van der Waals surface area contributed by atoms with Gasteiger partial charge in [-0.15, -0.1) is 0 Å². The Morgan fingerprint density at radius 1 is 1.42 bits per heavy atom. The van der Waals surface area contributed by atoms with Crippen molar-refractivity contribution in [3.8, 4) is 5.75 Å². The van der Waals surface area contributed by atoms with Crippen LogP contribution in [0.15, 0.2) is 24.3 Å². The number of H-pyrrole nitrogens is 1. The number of nitrogens with two attached hydrogens (primary N) is 1. The number of amides is 1. The van der Waals surface area contributed by atoms with Crippen LogP contribution in [-0.2, 0) is 0 Å². The predicted molar refractivity (Wildman–Crippen MR) is 75.5 cm³/mol. The van der Waals surface area contributed by atoms with Crippen LogP contribution in [0.25, 0.3) is 10.9 Å². The van der Waals surface area contributed by atoms with E-state index in [1.54, 1.807) is 13.2 Å². The molecular formula is C14H19N3O2. The second-order valence-corrected chi connectivity index (χ2v) is 5.18. The lowest BCUT2D eigenvalue weighted by atomic mass is 10.1. The summed E-state index contributed by atoms with van der Waals surface area (Å²) in [4.78, 5) is 15.2. The molecule has 2 rings (SSSR count). The van der Waals surface area contributed by atoms with Gasteiger partial charge in [0.1, 0.15) is 11.4 Å².